The van der Waals surface area contributed by atoms with Gasteiger partial charge >= 0.3 is 0 Å². The Labute approximate surface area is 102 Å². The SMILES string of the molecule is Cc1[nH]ncc1S(=O)(=O)Nc1cc(Cl)ncn1. The van der Waals surface area contributed by atoms with Crippen LogP contribution in [0.15, 0.2) is 23.5 Å². The number of nitrogens with one attached hydrogen (secondary N) is 2. The molecule has 7 nitrogen and oxygen atoms in total. The predicted molar refractivity (Wildman–Crippen MR) is 61.2 cm³/mol. The van der Waals surface area contributed by atoms with Gasteiger partial charge in [-0.05, 0) is 6.92 Å². The van der Waals surface area contributed by atoms with Crippen molar-refractivity contribution in [3.63, 3.8) is 0 Å². The van der Waals surface area contributed by atoms with Gasteiger partial charge in [-0.3, -0.25) is 9.82 Å². The fourth-order valence-corrected chi connectivity index (χ4v) is 2.48. The molecule has 0 saturated heterocycles. The van der Waals surface area contributed by atoms with E-state index in [1.807, 2.05) is 0 Å². The third kappa shape index (κ3) is 2.53. The molecular weight excluding hydrogens is 266 g/mol. The van der Waals surface area contributed by atoms with Crippen LogP contribution >= 0.6 is 11.6 Å². The number of H-pyrrole nitrogens is 1. The zero-order valence-electron chi connectivity index (χ0n) is 8.68. The van der Waals surface area contributed by atoms with Gasteiger partial charge in [-0.1, -0.05) is 11.6 Å². The second-order valence-corrected chi connectivity index (χ2v) is 5.23. The highest BCUT2D eigenvalue weighted by Crippen LogP contribution is 2.16. The molecule has 17 heavy (non-hydrogen) atoms. The van der Waals surface area contributed by atoms with E-state index >= 15 is 0 Å². The van der Waals surface area contributed by atoms with Crippen LogP contribution in [-0.4, -0.2) is 28.6 Å². The number of rotatable bonds is 3. The highest BCUT2D eigenvalue weighted by molar-refractivity contribution is 7.92. The van der Waals surface area contributed by atoms with E-state index in [9.17, 15) is 8.42 Å². The van der Waals surface area contributed by atoms with E-state index in [-0.39, 0.29) is 15.9 Å². The van der Waals surface area contributed by atoms with E-state index in [2.05, 4.69) is 24.9 Å². The normalized spacial score (nSPS) is 11.4. The first-order valence-electron chi connectivity index (χ1n) is 4.49. The molecule has 90 valence electrons. The van der Waals surface area contributed by atoms with Crippen LogP contribution in [0.1, 0.15) is 5.69 Å². The van der Waals surface area contributed by atoms with Gasteiger partial charge in [0.1, 0.15) is 22.2 Å². The van der Waals surface area contributed by atoms with Crippen molar-refractivity contribution in [1.82, 2.24) is 20.2 Å². The van der Waals surface area contributed by atoms with Gasteiger partial charge in [0.15, 0.2) is 0 Å². The monoisotopic (exact) mass is 273 g/mol. The van der Waals surface area contributed by atoms with Crippen molar-refractivity contribution < 1.29 is 8.42 Å². The molecule has 0 aromatic carbocycles. The summed E-state index contributed by atoms with van der Waals surface area (Å²) in [6.45, 7) is 1.61. The van der Waals surface area contributed by atoms with Crippen LogP contribution in [-0.2, 0) is 10.0 Å². The number of halogens is 1. The average molecular weight is 274 g/mol. The molecule has 0 aliphatic heterocycles. The standard InChI is InChI=1S/C8H8ClN5O2S/c1-5-6(3-12-13-5)17(15,16)14-8-2-7(9)10-4-11-8/h2-4H,1H3,(H,12,13)(H,10,11,14). The molecule has 0 bridgehead atoms. The van der Waals surface area contributed by atoms with E-state index in [0.29, 0.717) is 5.69 Å². The molecule has 0 fully saturated rings. The van der Waals surface area contributed by atoms with Crippen LogP contribution in [0.25, 0.3) is 0 Å². The fourth-order valence-electron chi connectivity index (χ4n) is 1.19. The fraction of sp³-hybridized carbons (Fsp3) is 0.125. The lowest BCUT2D eigenvalue weighted by molar-refractivity contribution is 0.600. The van der Waals surface area contributed by atoms with Crippen molar-refractivity contribution in [1.29, 1.82) is 0 Å². The van der Waals surface area contributed by atoms with Gasteiger partial charge in [0.2, 0.25) is 0 Å². The predicted octanol–water partition coefficient (Wildman–Crippen LogP) is 0.962. The quantitative estimate of drug-likeness (QED) is 0.811. The lowest BCUT2D eigenvalue weighted by Gasteiger charge is -2.05. The Bertz CT molecular complexity index is 639. The van der Waals surface area contributed by atoms with Gasteiger partial charge in [0, 0.05) is 6.07 Å². The minimum Gasteiger partial charge on any atom is -0.281 e. The maximum atomic E-state index is 11.9. The summed E-state index contributed by atoms with van der Waals surface area (Å²) in [7, 11) is -3.71. The highest BCUT2D eigenvalue weighted by atomic mass is 35.5. The summed E-state index contributed by atoms with van der Waals surface area (Å²) in [5.74, 6) is 0.102. The molecule has 2 aromatic rings. The number of hydrogen-bond acceptors (Lipinski definition) is 5. The molecule has 0 spiro atoms. The number of aryl methyl sites for hydroxylation is 1. The first-order chi connectivity index (χ1) is 7.99. The molecule has 0 amide bonds. The first-order valence-corrected chi connectivity index (χ1v) is 6.35. The largest absolute Gasteiger partial charge is 0.281 e. The van der Waals surface area contributed by atoms with Gasteiger partial charge in [-0.2, -0.15) is 5.10 Å². The van der Waals surface area contributed by atoms with Crippen molar-refractivity contribution in [3.05, 3.63) is 29.4 Å². The van der Waals surface area contributed by atoms with E-state index in [4.69, 9.17) is 11.6 Å². The zero-order chi connectivity index (χ0) is 12.5. The van der Waals surface area contributed by atoms with E-state index in [1.54, 1.807) is 6.92 Å². The van der Waals surface area contributed by atoms with Crippen LogP contribution < -0.4 is 4.72 Å². The number of hydrogen-bond donors (Lipinski definition) is 2. The Kier molecular flexibility index (Phi) is 2.99. The number of sulfonamides is 1. The molecule has 0 atom stereocenters. The number of aromatic nitrogens is 4. The van der Waals surface area contributed by atoms with Crippen LogP contribution in [0.3, 0.4) is 0 Å². The molecule has 0 saturated carbocycles. The lowest BCUT2D eigenvalue weighted by atomic mass is 10.5. The zero-order valence-corrected chi connectivity index (χ0v) is 10.2. The third-order valence-electron chi connectivity index (χ3n) is 1.95. The number of nitrogens with zero attached hydrogens (tertiary/aromatic N) is 3. The minimum atomic E-state index is -3.71. The summed E-state index contributed by atoms with van der Waals surface area (Å²) < 4.78 is 26.1. The minimum absolute atomic E-state index is 0.0623. The smallest absolute Gasteiger partial charge is 0.266 e. The molecule has 2 rings (SSSR count). The van der Waals surface area contributed by atoms with Crippen LogP contribution in [0, 0.1) is 6.92 Å². The van der Waals surface area contributed by atoms with Gasteiger partial charge in [-0.25, -0.2) is 18.4 Å². The summed E-state index contributed by atoms with van der Waals surface area (Å²) in [5.41, 5.74) is 0.442. The first kappa shape index (κ1) is 11.8. The molecule has 0 aliphatic carbocycles. The van der Waals surface area contributed by atoms with Gasteiger partial charge in [-0.15, -0.1) is 0 Å². The Balaban J connectivity index is 2.33. The molecule has 0 unspecified atom stereocenters. The van der Waals surface area contributed by atoms with E-state index in [1.165, 1.54) is 18.6 Å². The molecular formula is C8H8ClN5O2S. The average Bonchev–Trinajstić information content (AvgIpc) is 2.64. The highest BCUT2D eigenvalue weighted by Gasteiger charge is 2.19. The van der Waals surface area contributed by atoms with Crippen molar-refractivity contribution in [3.8, 4) is 0 Å². The molecule has 9 heteroatoms. The Hall–Kier alpha value is -1.67. The molecule has 2 aromatic heterocycles. The van der Waals surface area contributed by atoms with Crippen LogP contribution in [0.4, 0.5) is 5.82 Å². The van der Waals surface area contributed by atoms with E-state index in [0.717, 1.165) is 0 Å². The van der Waals surface area contributed by atoms with E-state index < -0.39 is 10.0 Å². The Morgan fingerprint density at radius 1 is 1.41 bits per heavy atom. The molecule has 2 heterocycles. The van der Waals surface area contributed by atoms with Crippen LogP contribution in [0.2, 0.25) is 5.15 Å². The van der Waals surface area contributed by atoms with Crippen molar-refractivity contribution in [2.75, 3.05) is 4.72 Å². The lowest BCUT2D eigenvalue weighted by Crippen LogP contribution is -2.14. The maximum absolute atomic E-state index is 11.9. The number of aromatic amines is 1. The van der Waals surface area contributed by atoms with Crippen molar-refractivity contribution in [2.45, 2.75) is 11.8 Å². The Morgan fingerprint density at radius 2 is 2.18 bits per heavy atom. The Morgan fingerprint density at radius 3 is 2.76 bits per heavy atom. The summed E-state index contributed by atoms with van der Waals surface area (Å²) >= 11 is 5.63. The maximum Gasteiger partial charge on any atom is 0.266 e. The van der Waals surface area contributed by atoms with Crippen molar-refractivity contribution in [2.24, 2.45) is 0 Å². The molecule has 0 aliphatic rings. The van der Waals surface area contributed by atoms with Crippen molar-refractivity contribution >= 4 is 27.4 Å². The summed E-state index contributed by atoms with van der Waals surface area (Å²) in [4.78, 5) is 7.46. The third-order valence-corrected chi connectivity index (χ3v) is 3.62. The topological polar surface area (TPSA) is 101 Å². The summed E-state index contributed by atoms with van der Waals surface area (Å²) in [5, 5.41) is 6.34. The second kappa shape index (κ2) is 4.30. The van der Waals surface area contributed by atoms with Gasteiger partial charge in [0.25, 0.3) is 10.0 Å². The summed E-state index contributed by atoms with van der Waals surface area (Å²) in [6, 6.07) is 1.31. The second-order valence-electron chi connectivity index (χ2n) is 3.19. The molecule has 0 radical (unpaired) electrons. The van der Waals surface area contributed by atoms with Gasteiger partial charge in [0.05, 0.1) is 11.9 Å². The van der Waals surface area contributed by atoms with Gasteiger partial charge < -0.3 is 0 Å². The molecule has 2 N–H and O–H groups in total. The number of anilines is 1. The van der Waals surface area contributed by atoms with Crippen LogP contribution in [0.5, 0.6) is 0 Å². The summed E-state index contributed by atoms with van der Waals surface area (Å²) in [6.07, 6.45) is 2.39.